The van der Waals surface area contributed by atoms with Gasteiger partial charge in [0.1, 0.15) is 5.82 Å². The summed E-state index contributed by atoms with van der Waals surface area (Å²) in [5.74, 6) is 1.14. The minimum atomic E-state index is 0.418. The molecule has 0 aliphatic carbocycles. The Labute approximate surface area is 108 Å². The Hall–Kier alpha value is -1.84. The Bertz CT molecular complexity index is 516. The molecule has 0 radical (unpaired) electrons. The molecular weight excluding hydrogens is 224 g/mol. The first-order valence-electron chi connectivity index (χ1n) is 6.37. The monoisotopic (exact) mass is 244 g/mol. The number of hydrogen-bond acceptors (Lipinski definition) is 3. The van der Waals surface area contributed by atoms with Crippen molar-refractivity contribution in [2.75, 3.05) is 5.73 Å². The van der Waals surface area contributed by atoms with E-state index in [1.165, 1.54) is 0 Å². The van der Waals surface area contributed by atoms with E-state index in [0.717, 1.165) is 35.5 Å². The van der Waals surface area contributed by atoms with Gasteiger partial charge in [-0.2, -0.15) is 5.10 Å². The zero-order valence-electron chi connectivity index (χ0n) is 11.2. The molecular formula is C14H20N4. The van der Waals surface area contributed by atoms with Crippen LogP contribution in [0.2, 0.25) is 0 Å². The molecule has 96 valence electrons. The number of aromatic nitrogens is 3. The summed E-state index contributed by atoms with van der Waals surface area (Å²) in [5.41, 5.74) is 9.38. The highest BCUT2D eigenvalue weighted by Crippen LogP contribution is 2.34. The quantitative estimate of drug-likeness (QED) is 0.899. The molecule has 0 aliphatic heterocycles. The molecule has 0 amide bonds. The van der Waals surface area contributed by atoms with Gasteiger partial charge in [-0.25, -0.2) is 0 Å². The molecule has 1 atom stereocenters. The van der Waals surface area contributed by atoms with Crippen LogP contribution in [-0.2, 0) is 7.05 Å². The van der Waals surface area contributed by atoms with Gasteiger partial charge in [0.05, 0.1) is 5.69 Å². The van der Waals surface area contributed by atoms with E-state index in [2.05, 4.69) is 23.9 Å². The van der Waals surface area contributed by atoms with Crippen molar-refractivity contribution in [1.29, 1.82) is 0 Å². The minimum Gasteiger partial charge on any atom is -0.383 e. The molecule has 2 aromatic heterocycles. The SMILES string of the molecule is CCCC(C)c1nn(C)c(N)c1-c1ccncc1. The Kier molecular flexibility index (Phi) is 3.65. The fourth-order valence-electron chi connectivity index (χ4n) is 2.29. The zero-order chi connectivity index (χ0) is 13.1. The highest BCUT2D eigenvalue weighted by atomic mass is 15.3. The number of anilines is 1. The normalized spacial score (nSPS) is 12.6. The number of aryl methyl sites for hydroxylation is 1. The second kappa shape index (κ2) is 5.21. The van der Waals surface area contributed by atoms with E-state index in [-0.39, 0.29) is 0 Å². The van der Waals surface area contributed by atoms with Crippen molar-refractivity contribution in [3.8, 4) is 11.1 Å². The standard InChI is InChI=1S/C14H20N4/c1-4-5-10(2)13-12(14(15)18(3)17-13)11-6-8-16-9-7-11/h6-10H,4-5,15H2,1-3H3. The summed E-state index contributed by atoms with van der Waals surface area (Å²) in [4.78, 5) is 4.05. The number of hydrogen-bond donors (Lipinski definition) is 1. The fraction of sp³-hybridized carbons (Fsp3) is 0.429. The van der Waals surface area contributed by atoms with E-state index >= 15 is 0 Å². The maximum absolute atomic E-state index is 6.15. The number of rotatable bonds is 4. The lowest BCUT2D eigenvalue weighted by atomic mass is 9.95. The molecule has 1 unspecified atom stereocenters. The van der Waals surface area contributed by atoms with Crippen LogP contribution in [-0.4, -0.2) is 14.8 Å². The largest absolute Gasteiger partial charge is 0.383 e. The van der Waals surface area contributed by atoms with Crippen molar-refractivity contribution in [2.45, 2.75) is 32.6 Å². The number of nitrogens with zero attached hydrogens (tertiary/aromatic N) is 3. The van der Waals surface area contributed by atoms with E-state index in [9.17, 15) is 0 Å². The summed E-state index contributed by atoms with van der Waals surface area (Å²) in [6.45, 7) is 4.39. The summed E-state index contributed by atoms with van der Waals surface area (Å²) in [6, 6.07) is 3.96. The smallest absolute Gasteiger partial charge is 0.129 e. The average Bonchev–Trinajstić information content (AvgIpc) is 2.67. The van der Waals surface area contributed by atoms with Gasteiger partial charge in [-0.1, -0.05) is 20.3 Å². The highest BCUT2D eigenvalue weighted by molar-refractivity contribution is 5.76. The summed E-state index contributed by atoms with van der Waals surface area (Å²) in [6.07, 6.45) is 5.84. The molecule has 0 spiro atoms. The van der Waals surface area contributed by atoms with Crippen molar-refractivity contribution in [3.05, 3.63) is 30.2 Å². The van der Waals surface area contributed by atoms with Crippen LogP contribution in [0.4, 0.5) is 5.82 Å². The van der Waals surface area contributed by atoms with Gasteiger partial charge in [-0.3, -0.25) is 9.67 Å². The van der Waals surface area contributed by atoms with Crippen molar-refractivity contribution < 1.29 is 0 Å². The van der Waals surface area contributed by atoms with Crippen molar-refractivity contribution >= 4 is 5.82 Å². The Balaban J connectivity index is 2.52. The van der Waals surface area contributed by atoms with Crippen LogP contribution in [0.15, 0.2) is 24.5 Å². The fourth-order valence-corrected chi connectivity index (χ4v) is 2.29. The first-order chi connectivity index (χ1) is 8.65. The predicted molar refractivity (Wildman–Crippen MR) is 74.2 cm³/mol. The molecule has 0 aromatic carbocycles. The molecule has 4 nitrogen and oxygen atoms in total. The lowest BCUT2D eigenvalue weighted by Gasteiger charge is -2.10. The molecule has 2 N–H and O–H groups in total. The van der Waals surface area contributed by atoms with Crippen molar-refractivity contribution in [3.63, 3.8) is 0 Å². The van der Waals surface area contributed by atoms with Gasteiger partial charge in [-0.05, 0) is 24.1 Å². The van der Waals surface area contributed by atoms with E-state index in [4.69, 9.17) is 5.73 Å². The molecule has 2 rings (SSSR count). The Morgan fingerprint density at radius 3 is 2.61 bits per heavy atom. The van der Waals surface area contributed by atoms with Gasteiger partial charge < -0.3 is 5.73 Å². The second-order valence-corrected chi connectivity index (χ2v) is 4.69. The highest BCUT2D eigenvalue weighted by Gasteiger charge is 2.19. The predicted octanol–water partition coefficient (Wildman–Crippen LogP) is 2.97. The number of nitrogen functional groups attached to an aromatic ring is 1. The molecule has 0 aliphatic rings. The third kappa shape index (κ3) is 2.23. The van der Waals surface area contributed by atoms with Crippen molar-refractivity contribution in [1.82, 2.24) is 14.8 Å². The summed E-state index contributed by atoms with van der Waals surface area (Å²) in [5, 5.41) is 4.58. The third-order valence-corrected chi connectivity index (χ3v) is 3.28. The van der Waals surface area contributed by atoms with Crippen LogP contribution in [0.3, 0.4) is 0 Å². The Morgan fingerprint density at radius 2 is 2.00 bits per heavy atom. The maximum Gasteiger partial charge on any atom is 0.129 e. The maximum atomic E-state index is 6.15. The molecule has 0 bridgehead atoms. The van der Waals surface area contributed by atoms with Gasteiger partial charge in [0, 0.05) is 30.9 Å². The molecule has 0 saturated carbocycles. The first kappa shape index (κ1) is 12.6. The van der Waals surface area contributed by atoms with Crippen LogP contribution in [0.1, 0.15) is 38.3 Å². The molecule has 0 saturated heterocycles. The number of pyridine rings is 1. The van der Waals surface area contributed by atoms with Gasteiger partial charge in [-0.15, -0.1) is 0 Å². The molecule has 0 fully saturated rings. The molecule has 18 heavy (non-hydrogen) atoms. The van der Waals surface area contributed by atoms with E-state index < -0.39 is 0 Å². The average molecular weight is 244 g/mol. The summed E-state index contributed by atoms with van der Waals surface area (Å²) < 4.78 is 1.76. The van der Waals surface area contributed by atoms with Crippen LogP contribution in [0.25, 0.3) is 11.1 Å². The lowest BCUT2D eigenvalue weighted by Crippen LogP contribution is -1.98. The summed E-state index contributed by atoms with van der Waals surface area (Å²) >= 11 is 0. The van der Waals surface area contributed by atoms with E-state index in [0.29, 0.717) is 5.92 Å². The topological polar surface area (TPSA) is 56.7 Å². The zero-order valence-corrected chi connectivity index (χ0v) is 11.2. The van der Waals surface area contributed by atoms with E-state index in [1.54, 1.807) is 17.1 Å². The number of nitrogens with two attached hydrogens (primary N) is 1. The van der Waals surface area contributed by atoms with Crippen LogP contribution >= 0.6 is 0 Å². The second-order valence-electron chi connectivity index (χ2n) is 4.69. The molecule has 2 heterocycles. The Morgan fingerprint density at radius 1 is 1.33 bits per heavy atom. The van der Waals surface area contributed by atoms with Crippen LogP contribution in [0, 0.1) is 0 Å². The van der Waals surface area contributed by atoms with Crippen LogP contribution < -0.4 is 5.73 Å². The lowest BCUT2D eigenvalue weighted by molar-refractivity contribution is 0.627. The van der Waals surface area contributed by atoms with Crippen LogP contribution in [0.5, 0.6) is 0 Å². The molecule has 2 aromatic rings. The minimum absolute atomic E-state index is 0.418. The first-order valence-corrected chi connectivity index (χ1v) is 6.37. The van der Waals surface area contributed by atoms with Gasteiger partial charge in [0.15, 0.2) is 0 Å². The van der Waals surface area contributed by atoms with Gasteiger partial charge in [0.2, 0.25) is 0 Å². The van der Waals surface area contributed by atoms with Crippen molar-refractivity contribution in [2.24, 2.45) is 7.05 Å². The third-order valence-electron chi connectivity index (χ3n) is 3.28. The summed E-state index contributed by atoms with van der Waals surface area (Å²) in [7, 11) is 1.89. The molecule has 4 heteroatoms. The van der Waals surface area contributed by atoms with Gasteiger partial charge in [0.25, 0.3) is 0 Å². The van der Waals surface area contributed by atoms with Gasteiger partial charge >= 0.3 is 0 Å². The van der Waals surface area contributed by atoms with E-state index in [1.807, 2.05) is 19.2 Å².